The van der Waals surface area contributed by atoms with Crippen molar-refractivity contribution in [3.63, 3.8) is 0 Å². The van der Waals surface area contributed by atoms with Crippen LogP contribution in [0.3, 0.4) is 0 Å². The topological polar surface area (TPSA) is 108 Å². The Morgan fingerprint density at radius 2 is 1.89 bits per heavy atom. The molecule has 5 rings (SSSR count). The number of carbonyl (C=O) groups is 1. The Morgan fingerprint density at radius 1 is 1.16 bits per heavy atom. The van der Waals surface area contributed by atoms with E-state index in [1.54, 1.807) is 35.8 Å². The van der Waals surface area contributed by atoms with Gasteiger partial charge in [-0.15, -0.1) is 0 Å². The van der Waals surface area contributed by atoms with Crippen molar-refractivity contribution in [3.8, 4) is 10.9 Å². The van der Waals surface area contributed by atoms with Crippen LogP contribution in [0, 0.1) is 12.8 Å². The Balaban J connectivity index is 1.39. The van der Waals surface area contributed by atoms with Crippen molar-refractivity contribution in [3.05, 3.63) is 87.1 Å². The van der Waals surface area contributed by atoms with Crippen LogP contribution in [0.4, 0.5) is 11.6 Å². The van der Waals surface area contributed by atoms with Crippen LogP contribution in [0.25, 0.3) is 0 Å². The minimum Gasteiger partial charge on any atom is -0.430 e. The fourth-order valence-corrected chi connectivity index (χ4v) is 4.86. The van der Waals surface area contributed by atoms with E-state index in [0.717, 1.165) is 5.56 Å². The number of ketones is 1. The number of carbonyl (C=O) groups excluding carboxylic acids is 1. The fraction of sp³-hybridized carbons (Fsp3) is 0.296. The van der Waals surface area contributed by atoms with E-state index in [9.17, 15) is 9.59 Å². The molecular formula is C27H26ClN5O4S. The summed E-state index contributed by atoms with van der Waals surface area (Å²) >= 11 is 7.23. The molecule has 0 spiro atoms. The number of nitrogens with one attached hydrogen (secondary N) is 1. The fourth-order valence-electron chi connectivity index (χ4n) is 4.18. The van der Waals surface area contributed by atoms with Crippen molar-refractivity contribution in [2.75, 3.05) is 18.5 Å². The van der Waals surface area contributed by atoms with E-state index < -0.39 is 0 Å². The quantitative estimate of drug-likeness (QED) is 0.303. The molecule has 1 fully saturated rings. The van der Waals surface area contributed by atoms with Gasteiger partial charge in [0, 0.05) is 59.6 Å². The Kier molecular flexibility index (Phi) is 8.11. The third kappa shape index (κ3) is 6.45. The summed E-state index contributed by atoms with van der Waals surface area (Å²) in [6.45, 7) is 3.21. The van der Waals surface area contributed by atoms with Gasteiger partial charge in [0.1, 0.15) is 17.4 Å². The number of aromatic nitrogens is 4. The van der Waals surface area contributed by atoms with Crippen LogP contribution < -0.4 is 15.6 Å². The van der Waals surface area contributed by atoms with Crippen LogP contribution in [-0.2, 0) is 22.5 Å². The highest BCUT2D eigenvalue weighted by molar-refractivity contribution is 7.07. The second-order valence-corrected chi connectivity index (χ2v) is 10.2. The van der Waals surface area contributed by atoms with E-state index >= 15 is 0 Å². The van der Waals surface area contributed by atoms with Gasteiger partial charge in [-0.1, -0.05) is 23.7 Å². The maximum absolute atomic E-state index is 13.6. The van der Waals surface area contributed by atoms with Gasteiger partial charge in [-0.3, -0.25) is 14.2 Å². The summed E-state index contributed by atoms with van der Waals surface area (Å²) in [5, 5.41) is 4.30. The summed E-state index contributed by atoms with van der Waals surface area (Å²) in [5.41, 5.74) is 1.71. The van der Waals surface area contributed by atoms with E-state index in [1.807, 2.05) is 24.3 Å². The van der Waals surface area contributed by atoms with E-state index in [2.05, 4.69) is 19.7 Å². The molecule has 2 aromatic carbocycles. The maximum atomic E-state index is 13.6. The summed E-state index contributed by atoms with van der Waals surface area (Å²) in [6.07, 6.45) is 2.91. The molecular weight excluding hydrogens is 526 g/mol. The predicted octanol–water partition coefficient (Wildman–Crippen LogP) is 5.18. The molecule has 4 aromatic rings. The number of rotatable bonds is 9. The smallest absolute Gasteiger partial charge is 0.298 e. The molecule has 3 heterocycles. The number of halogens is 1. The number of hydrogen-bond donors (Lipinski definition) is 1. The van der Waals surface area contributed by atoms with E-state index in [0.29, 0.717) is 65.0 Å². The molecule has 1 aliphatic rings. The lowest BCUT2D eigenvalue weighted by Crippen LogP contribution is -2.31. The van der Waals surface area contributed by atoms with Gasteiger partial charge in [-0.05, 0) is 61.7 Å². The molecule has 0 unspecified atom stereocenters. The number of aryl methyl sites for hydroxylation is 1. The third-order valence-electron chi connectivity index (χ3n) is 6.24. The Hall–Kier alpha value is -3.60. The van der Waals surface area contributed by atoms with E-state index in [1.165, 1.54) is 17.7 Å². The van der Waals surface area contributed by atoms with Gasteiger partial charge in [-0.25, -0.2) is 4.98 Å². The lowest BCUT2D eigenvalue weighted by atomic mass is 9.92. The van der Waals surface area contributed by atoms with Crippen LogP contribution in [0.2, 0.25) is 5.02 Å². The maximum Gasteiger partial charge on any atom is 0.298 e. The lowest BCUT2D eigenvalue weighted by molar-refractivity contribution is -0.125. The first kappa shape index (κ1) is 26.0. The SMILES string of the molecule is Cc1nsc(Oc2ccc(Nc3ncc(CC(=O)C4CCOCC4)c(=O)n3Cc3ccc(Cl)cc3)cc2)n1. The monoisotopic (exact) mass is 551 g/mol. The molecule has 0 amide bonds. The van der Waals surface area contributed by atoms with Crippen LogP contribution in [-0.4, -0.2) is 37.9 Å². The number of ether oxygens (including phenoxy) is 2. The molecule has 196 valence electrons. The Bertz CT molecular complexity index is 1460. The van der Waals surface area contributed by atoms with Crippen LogP contribution in [0.5, 0.6) is 10.9 Å². The second-order valence-electron chi connectivity index (χ2n) is 9.01. The lowest BCUT2D eigenvalue weighted by Gasteiger charge is -2.21. The summed E-state index contributed by atoms with van der Waals surface area (Å²) in [7, 11) is 0. The molecule has 0 atom stereocenters. The van der Waals surface area contributed by atoms with Gasteiger partial charge in [0.15, 0.2) is 0 Å². The van der Waals surface area contributed by atoms with Gasteiger partial charge < -0.3 is 14.8 Å². The van der Waals surface area contributed by atoms with Crippen molar-refractivity contribution < 1.29 is 14.3 Å². The Labute approximate surface area is 228 Å². The van der Waals surface area contributed by atoms with Gasteiger partial charge in [0.2, 0.25) is 5.95 Å². The van der Waals surface area contributed by atoms with Gasteiger partial charge in [-0.2, -0.15) is 9.36 Å². The van der Waals surface area contributed by atoms with Crippen molar-refractivity contribution in [2.24, 2.45) is 5.92 Å². The molecule has 9 nitrogen and oxygen atoms in total. The average Bonchev–Trinajstić information content (AvgIpc) is 3.34. The summed E-state index contributed by atoms with van der Waals surface area (Å²) < 4.78 is 16.8. The van der Waals surface area contributed by atoms with Gasteiger partial charge in [0.05, 0.1) is 6.54 Å². The molecule has 1 aliphatic heterocycles. The average molecular weight is 552 g/mol. The van der Waals surface area contributed by atoms with Crippen LogP contribution >= 0.6 is 23.1 Å². The first-order valence-electron chi connectivity index (χ1n) is 12.2. The second kappa shape index (κ2) is 11.8. The highest BCUT2D eigenvalue weighted by Gasteiger charge is 2.23. The predicted molar refractivity (Wildman–Crippen MR) is 146 cm³/mol. The molecule has 0 aliphatic carbocycles. The molecule has 0 bridgehead atoms. The van der Waals surface area contributed by atoms with Crippen molar-refractivity contribution >= 4 is 40.6 Å². The molecule has 1 saturated heterocycles. The molecule has 2 aromatic heterocycles. The van der Waals surface area contributed by atoms with Gasteiger partial charge in [0.25, 0.3) is 10.8 Å². The largest absolute Gasteiger partial charge is 0.430 e. The minimum atomic E-state index is -0.260. The Morgan fingerprint density at radius 3 is 2.58 bits per heavy atom. The van der Waals surface area contributed by atoms with Crippen LogP contribution in [0.15, 0.2) is 59.5 Å². The third-order valence-corrected chi connectivity index (χ3v) is 7.18. The summed E-state index contributed by atoms with van der Waals surface area (Å²) in [5.74, 6) is 1.59. The van der Waals surface area contributed by atoms with Crippen molar-refractivity contribution in [2.45, 2.75) is 32.7 Å². The number of hydrogen-bond acceptors (Lipinski definition) is 9. The summed E-state index contributed by atoms with van der Waals surface area (Å²) in [6, 6.07) is 14.5. The summed E-state index contributed by atoms with van der Waals surface area (Å²) in [4.78, 5) is 35.2. The number of anilines is 2. The zero-order valence-electron chi connectivity index (χ0n) is 20.7. The van der Waals surface area contributed by atoms with E-state index in [-0.39, 0.29) is 30.2 Å². The van der Waals surface area contributed by atoms with E-state index in [4.69, 9.17) is 21.1 Å². The molecule has 38 heavy (non-hydrogen) atoms. The van der Waals surface area contributed by atoms with Gasteiger partial charge >= 0.3 is 0 Å². The highest BCUT2D eigenvalue weighted by Crippen LogP contribution is 2.25. The zero-order valence-corrected chi connectivity index (χ0v) is 22.3. The minimum absolute atomic E-state index is 0.0483. The number of nitrogens with zero attached hydrogens (tertiary/aromatic N) is 4. The number of Topliss-reactive ketones (excluding diaryl/α,β-unsaturated/α-hetero) is 1. The van der Waals surface area contributed by atoms with Crippen molar-refractivity contribution in [1.29, 1.82) is 0 Å². The first-order chi connectivity index (χ1) is 18.4. The standard InChI is InChI=1S/C27H26ClN5O4S/c1-17-30-27(38-32-17)37-23-8-6-22(7-9-23)31-26-29-15-20(14-24(34)19-10-12-36-13-11-19)25(35)33(26)16-18-2-4-21(28)5-3-18/h2-9,15,19H,10-14,16H2,1H3,(H,29,31). The molecule has 11 heteroatoms. The molecule has 1 N–H and O–H groups in total. The highest BCUT2D eigenvalue weighted by atomic mass is 35.5. The first-order valence-corrected chi connectivity index (χ1v) is 13.4. The zero-order chi connectivity index (χ0) is 26.5. The number of benzene rings is 2. The normalized spacial score (nSPS) is 13.8. The van der Waals surface area contributed by atoms with Crippen LogP contribution in [0.1, 0.15) is 29.8 Å². The van der Waals surface area contributed by atoms with Crippen molar-refractivity contribution in [1.82, 2.24) is 18.9 Å². The molecule has 0 saturated carbocycles. The molecule has 0 radical (unpaired) electrons.